The normalized spacial score (nSPS) is 13.8. The van der Waals surface area contributed by atoms with Crippen molar-refractivity contribution in [3.05, 3.63) is 108 Å². The molecular formula is C28H24. The third-order valence-electron chi connectivity index (χ3n) is 6.16. The van der Waals surface area contributed by atoms with Crippen molar-refractivity contribution >= 4 is 0 Å². The molecule has 0 atom stereocenters. The Bertz CT molecular complexity index is 1180. The van der Waals surface area contributed by atoms with Crippen molar-refractivity contribution in [1.29, 1.82) is 0 Å². The van der Waals surface area contributed by atoms with E-state index < -0.39 is 0 Å². The van der Waals surface area contributed by atoms with Crippen LogP contribution in [0.5, 0.6) is 0 Å². The molecule has 0 heteroatoms. The minimum absolute atomic E-state index is 0.0382. The molecule has 4 aromatic carbocycles. The Hall–Kier alpha value is -3.12. The molecule has 0 aliphatic heterocycles. The van der Waals surface area contributed by atoms with Gasteiger partial charge in [-0.2, -0.15) is 0 Å². The first-order valence-electron chi connectivity index (χ1n) is 9.96. The number of rotatable bonds is 2. The van der Waals surface area contributed by atoms with E-state index in [1.807, 2.05) is 0 Å². The van der Waals surface area contributed by atoms with Crippen LogP contribution in [0.1, 0.15) is 30.5 Å². The van der Waals surface area contributed by atoms with Gasteiger partial charge in [0.05, 0.1) is 0 Å². The van der Waals surface area contributed by atoms with Crippen LogP contribution in [0.15, 0.2) is 91.0 Å². The van der Waals surface area contributed by atoms with E-state index in [2.05, 4.69) is 112 Å². The van der Waals surface area contributed by atoms with Gasteiger partial charge < -0.3 is 0 Å². The maximum atomic E-state index is 2.39. The Morgan fingerprint density at radius 2 is 1.11 bits per heavy atom. The zero-order chi connectivity index (χ0) is 19.3. The molecular weight excluding hydrogens is 336 g/mol. The lowest BCUT2D eigenvalue weighted by atomic mass is 9.81. The summed E-state index contributed by atoms with van der Waals surface area (Å²) in [6, 6.07) is 33.4. The number of aryl methyl sites for hydroxylation is 1. The van der Waals surface area contributed by atoms with Crippen LogP contribution in [-0.4, -0.2) is 0 Å². The lowest BCUT2D eigenvalue weighted by Crippen LogP contribution is -2.14. The number of fused-ring (bicyclic) bond motifs is 3. The fourth-order valence-electron chi connectivity index (χ4n) is 4.51. The van der Waals surface area contributed by atoms with E-state index in [4.69, 9.17) is 0 Å². The van der Waals surface area contributed by atoms with E-state index >= 15 is 0 Å². The van der Waals surface area contributed by atoms with Gasteiger partial charge in [0.1, 0.15) is 0 Å². The van der Waals surface area contributed by atoms with E-state index in [0.717, 1.165) is 0 Å². The predicted octanol–water partition coefficient (Wildman–Crippen LogP) is 7.64. The second-order valence-electron chi connectivity index (χ2n) is 8.38. The zero-order valence-electron chi connectivity index (χ0n) is 16.7. The van der Waals surface area contributed by atoms with Gasteiger partial charge in [0.25, 0.3) is 0 Å². The molecule has 0 radical (unpaired) electrons. The second kappa shape index (κ2) is 6.21. The number of hydrogen-bond acceptors (Lipinski definition) is 0. The molecule has 5 rings (SSSR count). The Balaban J connectivity index is 1.60. The van der Waals surface area contributed by atoms with Gasteiger partial charge in [0.2, 0.25) is 0 Å². The Morgan fingerprint density at radius 1 is 0.500 bits per heavy atom. The molecule has 0 nitrogen and oxygen atoms in total. The quantitative estimate of drug-likeness (QED) is 0.344. The minimum atomic E-state index is 0.0382. The molecule has 0 amide bonds. The molecule has 0 saturated carbocycles. The van der Waals surface area contributed by atoms with Crippen molar-refractivity contribution in [2.45, 2.75) is 26.2 Å². The van der Waals surface area contributed by atoms with Crippen LogP contribution in [0, 0.1) is 6.92 Å². The van der Waals surface area contributed by atoms with Crippen LogP contribution in [0.3, 0.4) is 0 Å². The SMILES string of the molecule is Cc1ccc(-c2cccc(-c3ccc4c(c3)C(C)(C)c3ccccc3-4)c2)cc1. The average molecular weight is 361 g/mol. The highest BCUT2D eigenvalue weighted by Crippen LogP contribution is 2.49. The minimum Gasteiger partial charge on any atom is -0.0619 e. The first kappa shape index (κ1) is 17.0. The lowest BCUT2D eigenvalue weighted by molar-refractivity contribution is 0.660. The number of benzene rings is 4. The van der Waals surface area contributed by atoms with Crippen molar-refractivity contribution in [3.63, 3.8) is 0 Å². The fourth-order valence-corrected chi connectivity index (χ4v) is 4.51. The highest BCUT2D eigenvalue weighted by atomic mass is 14.4. The van der Waals surface area contributed by atoms with Gasteiger partial charge in [-0.1, -0.05) is 98.3 Å². The zero-order valence-corrected chi connectivity index (χ0v) is 16.7. The van der Waals surface area contributed by atoms with E-state index in [0.29, 0.717) is 0 Å². The molecule has 0 N–H and O–H groups in total. The van der Waals surface area contributed by atoms with Gasteiger partial charge in [-0.3, -0.25) is 0 Å². The molecule has 1 aliphatic rings. The summed E-state index contributed by atoms with van der Waals surface area (Å²) in [6.45, 7) is 6.80. The Morgan fingerprint density at radius 3 is 1.89 bits per heavy atom. The molecule has 4 aromatic rings. The topological polar surface area (TPSA) is 0 Å². The Labute approximate surface area is 167 Å². The summed E-state index contributed by atoms with van der Waals surface area (Å²) in [5, 5.41) is 0. The summed E-state index contributed by atoms with van der Waals surface area (Å²) in [6.07, 6.45) is 0. The molecule has 1 aliphatic carbocycles. The molecule has 136 valence electrons. The molecule has 0 aromatic heterocycles. The van der Waals surface area contributed by atoms with Gasteiger partial charge >= 0.3 is 0 Å². The van der Waals surface area contributed by atoms with Gasteiger partial charge in [0, 0.05) is 5.41 Å². The molecule has 0 spiro atoms. The first-order chi connectivity index (χ1) is 13.5. The van der Waals surface area contributed by atoms with Crippen LogP contribution in [0.25, 0.3) is 33.4 Å². The standard InChI is InChI=1S/C28H24/c1-19-11-13-20(14-12-19)21-7-6-8-22(17-21)23-15-16-25-24-9-4-5-10-26(24)28(2,3)27(25)18-23/h4-18H,1-3H3. The molecule has 0 unspecified atom stereocenters. The summed E-state index contributed by atoms with van der Waals surface area (Å²) in [5.41, 5.74) is 12.0. The van der Waals surface area contributed by atoms with E-state index in [-0.39, 0.29) is 5.41 Å². The van der Waals surface area contributed by atoms with Crippen LogP contribution in [0.4, 0.5) is 0 Å². The van der Waals surface area contributed by atoms with Crippen LogP contribution < -0.4 is 0 Å². The summed E-state index contributed by atoms with van der Waals surface area (Å²) < 4.78 is 0. The van der Waals surface area contributed by atoms with E-state index in [1.165, 1.54) is 50.1 Å². The molecule has 0 bridgehead atoms. The molecule has 28 heavy (non-hydrogen) atoms. The Kier molecular flexibility index (Phi) is 3.77. The summed E-state index contributed by atoms with van der Waals surface area (Å²) >= 11 is 0. The third kappa shape index (κ3) is 2.60. The first-order valence-corrected chi connectivity index (χ1v) is 9.96. The molecule has 0 saturated heterocycles. The number of hydrogen-bond donors (Lipinski definition) is 0. The summed E-state index contributed by atoms with van der Waals surface area (Å²) in [7, 11) is 0. The second-order valence-corrected chi connectivity index (χ2v) is 8.38. The van der Waals surface area contributed by atoms with Crippen molar-refractivity contribution in [1.82, 2.24) is 0 Å². The van der Waals surface area contributed by atoms with Gasteiger partial charge in [-0.25, -0.2) is 0 Å². The van der Waals surface area contributed by atoms with Gasteiger partial charge in [-0.15, -0.1) is 0 Å². The maximum absolute atomic E-state index is 2.39. The maximum Gasteiger partial charge on any atom is 0.0159 e. The van der Waals surface area contributed by atoms with E-state index in [1.54, 1.807) is 0 Å². The van der Waals surface area contributed by atoms with Crippen molar-refractivity contribution in [3.8, 4) is 33.4 Å². The van der Waals surface area contributed by atoms with Crippen LogP contribution in [0.2, 0.25) is 0 Å². The van der Waals surface area contributed by atoms with Crippen molar-refractivity contribution in [2.24, 2.45) is 0 Å². The predicted molar refractivity (Wildman–Crippen MR) is 120 cm³/mol. The summed E-state index contributed by atoms with van der Waals surface area (Å²) in [5.74, 6) is 0. The average Bonchev–Trinajstić information content (AvgIpc) is 2.96. The van der Waals surface area contributed by atoms with Crippen molar-refractivity contribution in [2.75, 3.05) is 0 Å². The van der Waals surface area contributed by atoms with E-state index in [9.17, 15) is 0 Å². The van der Waals surface area contributed by atoms with Crippen molar-refractivity contribution < 1.29 is 0 Å². The third-order valence-corrected chi connectivity index (χ3v) is 6.16. The largest absolute Gasteiger partial charge is 0.0619 e. The van der Waals surface area contributed by atoms with Gasteiger partial charge in [0.15, 0.2) is 0 Å². The summed E-state index contributed by atoms with van der Waals surface area (Å²) in [4.78, 5) is 0. The monoisotopic (exact) mass is 360 g/mol. The lowest BCUT2D eigenvalue weighted by Gasteiger charge is -2.22. The van der Waals surface area contributed by atoms with Crippen LogP contribution in [-0.2, 0) is 5.41 Å². The fraction of sp³-hybridized carbons (Fsp3) is 0.143. The smallest absolute Gasteiger partial charge is 0.0159 e. The highest BCUT2D eigenvalue weighted by Gasteiger charge is 2.35. The molecule has 0 heterocycles. The highest BCUT2D eigenvalue weighted by molar-refractivity contribution is 5.84. The van der Waals surface area contributed by atoms with Gasteiger partial charge in [-0.05, 0) is 63.6 Å². The van der Waals surface area contributed by atoms with Crippen LogP contribution >= 0.6 is 0 Å². The molecule has 0 fully saturated rings.